The van der Waals surface area contributed by atoms with Gasteiger partial charge < -0.3 is 10.0 Å². The zero-order valence-corrected chi connectivity index (χ0v) is 13.3. The molecule has 1 aliphatic rings. The van der Waals surface area contributed by atoms with E-state index in [1.165, 1.54) is 23.9 Å². The Balaban J connectivity index is 1.88. The number of hydrogen-bond acceptors (Lipinski definition) is 3. The van der Waals surface area contributed by atoms with Crippen LogP contribution in [0.2, 0.25) is 0 Å². The summed E-state index contributed by atoms with van der Waals surface area (Å²) in [7, 11) is 0. The van der Waals surface area contributed by atoms with Gasteiger partial charge in [-0.15, -0.1) is 11.8 Å². The average Bonchev–Trinajstić information content (AvgIpc) is 2.92. The number of likely N-dealkylation sites (tertiary alicyclic amines) is 1. The summed E-state index contributed by atoms with van der Waals surface area (Å²) in [5.41, 5.74) is 0. The van der Waals surface area contributed by atoms with Gasteiger partial charge in [-0.1, -0.05) is 6.92 Å². The smallest absolute Gasteiger partial charge is 0.305 e. The molecule has 0 spiro atoms. The molecule has 120 valence electrons. The van der Waals surface area contributed by atoms with Crippen molar-refractivity contribution in [1.29, 1.82) is 0 Å². The summed E-state index contributed by atoms with van der Waals surface area (Å²) in [6, 6.07) is 6.01. The highest BCUT2D eigenvalue weighted by atomic mass is 32.2. The molecule has 22 heavy (non-hydrogen) atoms. The largest absolute Gasteiger partial charge is 0.481 e. The Morgan fingerprint density at radius 3 is 2.73 bits per heavy atom. The molecule has 1 N–H and O–H groups in total. The second-order valence-corrected chi connectivity index (χ2v) is 6.68. The van der Waals surface area contributed by atoms with Crippen LogP contribution < -0.4 is 0 Å². The zero-order valence-electron chi connectivity index (χ0n) is 12.5. The first-order valence-electron chi connectivity index (χ1n) is 7.38. The summed E-state index contributed by atoms with van der Waals surface area (Å²) in [4.78, 5) is 26.0. The van der Waals surface area contributed by atoms with Crippen LogP contribution in [0.5, 0.6) is 0 Å². The number of thioether (sulfide) groups is 1. The number of carbonyl (C=O) groups is 2. The lowest BCUT2D eigenvalue weighted by Gasteiger charge is -2.26. The molecule has 1 aromatic rings. The van der Waals surface area contributed by atoms with Crippen molar-refractivity contribution in [1.82, 2.24) is 4.90 Å². The molecule has 2 atom stereocenters. The summed E-state index contributed by atoms with van der Waals surface area (Å²) in [6.45, 7) is 2.50. The van der Waals surface area contributed by atoms with Gasteiger partial charge in [0.2, 0.25) is 5.91 Å². The van der Waals surface area contributed by atoms with Gasteiger partial charge in [0.25, 0.3) is 0 Å². The number of amides is 1. The van der Waals surface area contributed by atoms with E-state index in [0.717, 1.165) is 17.7 Å². The van der Waals surface area contributed by atoms with Crippen molar-refractivity contribution in [2.45, 2.75) is 37.1 Å². The minimum Gasteiger partial charge on any atom is -0.481 e. The number of carboxylic acid groups (broad SMARTS) is 1. The number of aliphatic carboxylic acids is 1. The van der Waals surface area contributed by atoms with Gasteiger partial charge in [0.15, 0.2) is 0 Å². The molecule has 1 saturated heterocycles. The summed E-state index contributed by atoms with van der Waals surface area (Å²) in [6.07, 6.45) is 1.64. The van der Waals surface area contributed by atoms with E-state index in [4.69, 9.17) is 5.11 Å². The first-order valence-corrected chi connectivity index (χ1v) is 8.36. The third-order valence-electron chi connectivity index (χ3n) is 3.81. The van der Waals surface area contributed by atoms with Gasteiger partial charge >= 0.3 is 5.97 Å². The molecule has 2 unspecified atom stereocenters. The quantitative estimate of drug-likeness (QED) is 0.817. The van der Waals surface area contributed by atoms with E-state index < -0.39 is 5.97 Å². The van der Waals surface area contributed by atoms with Crippen LogP contribution in [0.3, 0.4) is 0 Å². The number of halogens is 1. The van der Waals surface area contributed by atoms with Gasteiger partial charge in [-0.25, -0.2) is 4.39 Å². The summed E-state index contributed by atoms with van der Waals surface area (Å²) >= 11 is 1.51. The number of carbonyl (C=O) groups excluding carboxylic acids is 1. The second kappa shape index (κ2) is 7.63. The van der Waals surface area contributed by atoms with E-state index in [2.05, 4.69) is 0 Å². The van der Waals surface area contributed by atoms with Crippen LogP contribution in [0, 0.1) is 11.7 Å². The Bertz CT molecular complexity index is 535. The van der Waals surface area contributed by atoms with Crippen LogP contribution in [0.25, 0.3) is 0 Å². The van der Waals surface area contributed by atoms with E-state index in [9.17, 15) is 14.0 Å². The molecule has 1 aromatic carbocycles. The predicted molar refractivity (Wildman–Crippen MR) is 83.3 cm³/mol. The highest BCUT2D eigenvalue weighted by molar-refractivity contribution is 7.99. The van der Waals surface area contributed by atoms with Crippen molar-refractivity contribution < 1.29 is 19.1 Å². The lowest BCUT2D eigenvalue weighted by atomic mass is 10.1. The maximum absolute atomic E-state index is 12.8. The Kier molecular flexibility index (Phi) is 5.83. The minimum absolute atomic E-state index is 0.0124. The fraction of sp³-hybridized carbons (Fsp3) is 0.500. The first kappa shape index (κ1) is 16.8. The Hall–Kier alpha value is -1.56. The molecule has 0 aliphatic carbocycles. The minimum atomic E-state index is -0.863. The number of hydrogen-bond donors (Lipinski definition) is 1. The predicted octanol–water partition coefficient (Wildman–Crippen LogP) is 3.02. The van der Waals surface area contributed by atoms with Gasteiger partial charge in [0.1, 0.15) is 5.82 Å². The molecule has 4 nitrogen and oxygen atoms in total. The molecule has 1 amide bonds. The third kappa shape index (κ3) is 4.47. The molecular formula is C16H20FNO3S. The van der Waals surface area contributed by atoms with E-state index in [1.807, 2.05) is 6.92 Å². The van der Waals surface area contributed by atoms with Gasteiger partial charge in [-0.05, 0) is 37.1 Å². The van der Waals surface area contributed by atoms with Crippen molar-refractivity contribution in [2.24, 2.45) is 5.92 Å². The van der Waals surface area contributed by atoms with Crippen LogP contribution in [-0.4, -0.2) is 40.2 Å². The molecule has 0 radical (unpaired) electrons. The molecule has 2 rings (SSSR count). The Morgan fingerprint density at radius 1 is 1.41 bits per heavy atom. The van der Waals surface area contributed by atoms with E-state index in [1.54, 1.807) is 17.0 Å². The fourth-order valence-corrected chi connectivity index (χ4v) is 3.56. The van der Waals surface area contributed by atoms with Crippen molar-refractivity contribution in [3.8, 4) is 0 Å². The SMILES string of the molecule is CC(CSc1ccc(F)cc1)C(=O)N1CCCC1CC(=O)O. The number of carboxylic acids is 1. The lowest BCUT2D eigenvalue weighted by Crippen LogP contribution is -2.40. The number of benzene rings is 1. The highest BCUT2D eigenvalue weighted by Crippen LogP contribution is 2.26. The molecule has 0 aromatic heterocycles. The molecule has 6 heteroatoms. The topological polar surface area (TPSA) is 57.6 Å². The van der Waals surface area contributed by atoms with Crippen molar-refractivity contribution in [3.05, 3.63) is 30.1 Å². The van der Waals surface area contributed by atoms with Crippen LogP contribution >= 0.6 is 11.8 Å². The third-order valence-corrected chi connectivity index (χ3v) is 5.08. The average molecular weight is 325 g/mol. The van der Waals surface area contributed by atoms with Gasteiger partial charge in [-0.2, -0.15) is 0 Å². The highest BCUT2D eigenvalue weighted by Gasteiger charge is 2.32. The summed E-state index contributed by atoms with van der Waals surface area (Å²) in [5.74, 6) is -0.719. The van der Waals surface area contributed by atoms with Crippen molar-refractivity contribution in [3.63, 3.8) is 0 Å². The Labute approximate surface area is 133 Å². The fourth-order valence-electron chi connectivity index (χ4n) is 2.65. The molecule has 1 fully saturated rings. The number of rotatable bonds is 6. The molecule has 0 bridgehead atoms. The van der Waals surface area contributed by atoms with Crippen LogP contribution in [-0.2, 0) is 9.59 Å². The standard InChI is InChI=1S/C16H20FNO3S/c1-11(10-22-14-6-4-12(17)5-7-14)16(21)18-8-2-3-13(18)9-15(19)20/h4-7,11,13H,2-3,8-10H2,1H3,(H,19,20). The number of nitrogens with zero attached hydrogens (tertiary/aromatic N) is 1. The Morgan fingerprint density at radius 2 is 2.09 bits per heavy atom. The van der Waals surface area contributed by atoms with Crippen molar-refractivity contribution >= 4 is 23.6 Å². The van der Waals surface area contributed by atoms with Gasteiger partial charge in [0.05, 0.1) is 6.42 Å². The zero-order chi connectivity index (χ0) is 16.1. The van der Waals surface area contributed by atoms with Crippen LogP contribution in [0.15, 0.2) is 29.2 Å². The first-order chi connectivity index (χ1) is 10.5. The maximum Gasteiger partial charge on any atom is 0.305 e. The van der Waals surface area contributed by atoms with Gasteiger partial charge in [0, 0.05) is 29.2 Å². The monoisotopic (exact) mass is 325 g/mol. The van der Waals surface area contributed by atoms with E-state index >= 15 is 0 Å². The van der Waals surface area contributed by atoms with Gasteiger partial charge in [-0.3, -0.25) is 9.59 Å². The molecular weight excluding hydrogens is 305 g/mol. The lowest BCUT2D eigenvalue weighted by molar-refractivity contribution is -0.140. The van der Waals surface area contributed by atoms with E-state index in [-0.39, 0.29) is 30.1 Å². The summed E-state index contributed by atoms with van der Waals surface area (Å²) < 4.78 is 12.8. The molecule has 1 aliphatic heterocycles. The van der Waals surface area contributed by atoms with Crippen LogP contribution in [0.1, 0.15) is 26.2 Å². The molecule has 0 saturated carbocycles. The van der Waals surface area contributed by atoms with E-state index in [0.29, 0.717) is 12.3 Å². The van der Waals surface area contributed by atoms with Crippen molar-refractivity contribution in [2.75, 3.05) is 12.3 Å². The van der Waals surface area contributed by atoms with Crippen LogP contribution in [0.4, 0.5) is 4.39 Å². The summed E-state index contributed by atoms with van der Waals surface area (Å²) in [5, 5.41) is 8.91. The normalized spacial score (nSPS) is 19.2. The second-order valence-electron chi connectivity index (χ2n) is 5.59. The maximum atomic E-state index is 12.8. The molecule has 1 heterocycles.